The lowest BCUT2D eigenvalue weighted by Crippen LogP contribution is -2.47. The number of ether oxygens (including phenoxy) is 1. The molecule has 0 aromatic heterocycles. The standard InChI is InChI=1S/C22H31NO2.CO2/c1-6-7-14-23(21(16(2)3)22(24)25-17(4)5)20-13-12-18-10-8-9-11-19(18)15-20;2-1-3/h8-13,15-17,21H,6-7,14H2,1-5H3;. The highest BCUT2D eigenvalue weighted by Gasteiger charge is 2.31. The Balaban J connectivity index is 0.00000122. The lowest BCUT2D eigenvalue weighted by Gasteiger charge is -2.35. The van der Waals surface area contributed by atoms with Crippen molar-refractivity contribution in [3.8, 4) is 0 Å². The summed E-state index contributed by atoms with van der Waals surface area (Å²) in [6.07, 6.45) is 2.29. The molecule has 0 N–H and O–H groups in total. The fourth-order valence-corrected chi connectivity index (χ4v) is 3.17. The van der Waals surface area contributed by atoms with Crippen molar-refractivity contribution in [2.24, 2.45) is 5.92 Å². The third kappa shape index (κ3) is 6.82. The molecule has 0 bridgehead atoms. The van der Waals surface area contributed by atoms with Gasteiger partial charge in [-0.25, -0.2) is 4.79 Å². The van der Waals surface area contributed by atoms with Crippen molar-refractivity contribution in [3.05, 3.63) is 42.5 Å². The van der Waals surface area contributed by atoms with Gasteiger partial charge in [0.2, 0.25) is 0 Å². The number of hydrogen-bond acceptors (Lipinski definition) is 5. The van der Waals surface area contributed by atoms with Crippen molar-refractivity contribution in [2.75, 3.05) is 11.4 Å². The van der Waals surface area contributed by atoms with E-state index in [4.69, 9.17) is 14.3 Å². The van der Waals surface area contributed by atoms with E-state index in [2.05, 4.69) is 62.1 Å². The quantitative estimate of drug-likeness (QED) is 0.609. The van der Waals surface area contributed by atoms with Crippen molar-refractivity contribution in [3.63, 3.8) is 0 Å². The molecule has 0 fully saturated rings. The van der Waals surface area contributed by atoms with E-state index in [9.17, 15) is 4.79 Å². The normalized spacial score (nSPS) is 11.5. The molecule has 0 radical (unpaired) electrons. The van der Waals surface area contributed by atoms with Crippen LogP contribution >= 0.6 is 0 Å². The molecule has 0 aliphatic rings. The van der Waals surface area contributed by atoms with Gasteiger partial charge in [0.15, 0.2) is 0 Å². The summed E-state index contributed by atoms with van der Waals surface area (Å²) in [7, 11) is 0. The molecule has 1 atom stereocenters. The number of carbonyl (C=O) groups excluding carboxylic acids is 3. The summed E-state index contributed by atoms with van der Waals surface area (Å²) >= 11 is 0. The van der Waals surface area contributed by atoms with Crippen LogP contribution < -0.4 is 4.90 Å². The molecular weight excluding hydrogens is 354 g/mol. The van der Waals surface area contributed by atoms with Crippen molar-refractivity contribution < 1.29 is 19.1 Å². The summed E-state index contributed by atoms with van der Waals surface area (Å²) in [5, 5.41) is 2.41. The molecule has 152 valence electrons. The van der Waals surface area contributed by atoms with Crippen LogP contribution in [0.25, 0.3) is 10.8 Å². The summed E-state index contributed by atoms with van der Waals surface area (Å²) in [6.45, 7) is 11.0. The van der Waals surface area contributed by atoms with Gasteiger partial charge in [0, 0.05) is 12.2 Å². The zero-order valence-corrected chi connectivity index (χ0v) is 17.5. The number of nitrogens with zero attached hydrogens (tertiary/aromatic N) is 1. The van der Waals surface area contributed by atoms with Crippen LogP contribution in [0.15, 0.2) is 42.5 Å². The highest BCUT2D eigenvalue weighted by Crippen LogP contribution is 2.27. The lowest BCUT2D eigenvalue weighted by atomic mass is 10.00. The summed E-state index contributed by atoms with van der Waals surface area (Å²) in [4.78, 5) is 31.3. The van der Waals surface area contributed by atoms with Crippen molar-refractivity contribution in [1.82, 2.24) is 0 Å². The smallest absolute Gasteiger partial charge is 0.373 e. The first-order valence-corrected chi connectivity index (χ1v) is 9.80. The Labute approximate surface area is 167 Å². The van der Waals surface area contributed by atoms with Gasteiger partial charge in [-0.3, -0.25) is 0 Å². The number of fused-ring (bicyclic) bond motifs is 1. The highest BCUT2D eigenvalue weighted by atomic mass is 16.5. The molecule has 0 saturated heterocycles. The van der Waals surface area contributed by atoms with E-state index in [1.807, 2.05) is 19.9 Å². The minimum absolute atomic E-state index is 0.0987. The molecule has 0 amide bonds. The molecule has 2 aromatic carbocycles. The van der Waals surface area contributed by atoms with Crippen LogP contribution in [0, 0.1) is 5.92 Å². The summed E-state index contributed by atoms with van der Waals surface area (Å²) in [5.74, 6) is 0.0452. The van der Waals surface area contributed by atoms with Crippen LogP contribution in [-0.4, -0.2) is 30.8 Å². The van der Waals surface area contributed by atoms with Gasteiger partial charge in [-0.2, -0.15) is 9.59 Å². The first-order valence-electron chi connectivity index (χ1n) is 9.80. The maximum Gasteiger partial charge on any atom is 0.373 e. The molecule has 5 nitrogen and oxygen atoms in total. The second-order valence-corrected chi connectivity index (χ2v) is 7.34. The average molecular weight is 386 g/mol. The summed E-state index contributed by atoms with van der Waals surface area (Å²) in [6, 6.07) is 14.5. The summed E-state index contributed by atoms with van der Waals surface area (Å²) < 4.78 is 5.56. The van der Waals surface area contributed by atoms with Gasteiger partial charge in [-0.15, -0.1) is 0 Å². The SMILES string of the molecule is CCCCN(c1ccc2ccccc2c1)C(C(=O)OC(C)C)C(C)C.O=C=O. The summed E-state index contributed by atoms with van der Waals surface area (Å²) in [5.41, 5.74) is 1.09. The predicted octanol–water partition coefficient (Wildman–Crippen LogP) is 4.84. The molecule has 28 heavy (non-hydrogen) atoms. The third-order valence-corrected chi connectivity index (χ3v) is 4.38. The molecular formula is C23H31NO4. The van der Waals surface area contributed by atoms with Crippen molar-refractivity contribution in [1.29, 1.82) is 0 Å². The van der Waals surface area contributed by atoms with E-state index in [1.54, 1.807) is 0 Å². The maximum absolute atomic E-state index is 12.8. The van der Waals surface area contributed by atoms with Gasteiger partial charge in [0.1, 0.15) is 6.04 Å². The second-order valence-electron chi connectivity index (χ2n) is 7.34. The largest absolute Gasteiger partial charge is 0.461 e. The van der Waals surface area contributed by atoms with E-state index in [1.165, 1.54) is 10.8 Å². The number of anilines is 1. The molecule has 0 aliphatic carbocycles. The Hall–Kier alpha value is -2.65. The lowest BCUT2D eigenvalue weighted by molar-refractivity contribution is -0.191. The van der Waals surface area contributed by atoms with Gasteiger partial charge in [0.25, 0.3) is 0 Å². The van der Waals surface area contributed by atoms with E-state index in [0.717, 1.165) is 25.1 Å². The number of esters is 1. The van der Waals surface area contributed by atoms with Crippen LogP contribution in [-0.2, 0) is 19.1 Å². The van der Waals surface area contributed by atoms with Crippen LogP contribution in [0.3, 0.4) is 0 Å². The third-order valence-electron chi connectivity index (χ3n) is 4.38. The van der Waals surface area contributed by atoms with Crippen LogP contribution in [0.2, 0.25) is 0 Å². The molecule has 0 heterocycles. The zero-order chi connectivity index (χ0) is 21.1. The first-order chi connectivity index (χ1) is 13.3. The van der Waals surface area contributed by atoms with Crippen LogP contribution in [0.4, 0.5) is 5.69 Å². The average Bonchev–Trinajstić information content (AvgIpc) is 2.64. The minimum atomic E-state index is -0.268. The van der Waals surface area contributed by atoms with Gasteiger partial charge in [-0.05, 0) is 49.1 Å². The fraction of sp³-hybridized carbons (Fsp3) is 0.478. The Morgan fingerprint density at radius 1 is 1.04 bits per heavy atom. The molecule has 1 unspecified atom stereocenters. The maximum atomic E-state index is 12.8. The molecule has 0 aliphatic heterocycles. The van der Waals surface area contributed by atoms with Gasteiger partial charge >= 0.3 is 12.1 Å². The molecule has 0 saturated carbocycles. The number of rotatable bonds is 8. The second kappa shape index (κ2) is 11.9. The Kier molecular flexibility index (Phi) is 9.97. The number of carbonyl (C=O) groups is 1. The Morgan fingerprint density at radius 2 is 1.64 bits per heavy atom. The highest BCUT2D eigenvalue weighted by molar-refractivity contribution is 5.87. The van der Waals surface area contributed by atoms with Crippen LogP contribution in [0.5, 0.6) is 0 Å². The topological polar surface area (TPSA) is 63.7 Å². The monoisotopic (exact) mass is 385 g/mol. The fourth-order valence-electron chi connectivity index (χ4n) is 3.17. The zero-order valence-electron chi connectivity index (χ0n) is 17.5. The predicted molar refractivity (Wildman–Crippen MR) is 111 cm³/mol. The number of hydrogen-bond donors (Lipinski definition) is 0. The number of unbranched alkanes of at least 4 members (excludes halogenated alkanes) is 1. The van der Waals surface area contributed by atoms with E-state index >= 15 is 0 Å². The van der Waals surface area contributed by atoms with E-state index in [0.29, 0.717) is 0 Å². The minimum Gasteiger partial charge on any atom is -0.461 e. The molecule has 5 heteroatoms. The van der Waals surface area contributed by atoms with Gasteiger partial charge < -0.3 is 9.64 Å². The van der Waals surface area contributed by atoms with Gasteiger partial charge in [-0.1, -0.05) is 57.5 Å². The van der Waals surface area contributed by atoms with Crippen molar-refractivity contribution in [2.45, 2.75) is 59.6 Å². The molecule has 2 aromatic rings. The van der Waals surface area contributed by atoms with Crippen LogP contribution in [0.1, 0.15) is 47.5 Å². The van der Waals surface area contributed by atoms with Gasteiger partial charge in [0.05, 0.1) is 6.10 Å². The van der Waals surface area contributed by atoms with E-state index in [-0.39, 0.29) is 30.2 Å². The Bertz CT molecular complexity index is 779. The van der Waals surface area contributed by atoms with E-state index < -0.39 is 0 Å². The number of benzene rings is 2. The van der Waals surface area contributed by atoms with Crippen molar-refractivity contribution >= 4 is 28.6 Å². The molecule has 0 spiro atoms. The first kappa shape index (κ1) is 23.4. The molecule has 2 rings (SSSR count). The Morgan fingerprint density at radius 3 is 2.18 bits per heavy atom.